The number of amides is 1. The first-order valence-electron chi connectivity index (χ1n) is 11.4. The fourth-order valence-corrected chi connectivity index (χ4v) is 5.18. The summed E-state index contributed by atoms with van der Waals surface area (Å²) in [6, 6.07) is 13.8. The number of aromatic nitrogens is 5. The summed E-state index contributed by atoms with van der Waals surface area (Å²) in [5.41, 5.74) is 2.98. The number of hydrogen-bond acceptors (Lipinski definition) is 6. The van der Waals surface area contributed by atoms with E-state index in [4.69, 9.17) is 4.98 Å². The van der Waals surface area contributed by atoms with Crippen LogP contribution in [0.4, 0.5) is 5.95 Å². The first-order chi connectivity index (χ1) is 16.1. The van der Waals surface area contributed by atoms with Crippen LogP contribution in [0.15, 0.2) is 61.1 Å². The lowest BCUT2D eigenvalue weighted by atomic mass is 9.84. The number of piperidine rings is 2. The molecular weight excluding hydrogens is 414 g/mol. The Bertz CT molecular complexity index is 1310. The number of anilines is 1. The van der Waals surface area contributed by atoms with Crippen LogP contribution >= 0.6 is 0 Å². The number of benzene rings is 1. The molecule has 8 heteroatoms. The minimum Gasteiger partial charge on any atom is -0.340 e. The zero-order valence-corrected chi connectivity index (χ0v) is 18.5. The van der Waals surface area contributed by atoms with Crippen LogP contribution in [-0.4, -0.2) is 61.7 Å². The molecule has 8 nitrogen and oxygen atoms in total. The number of hydrogen-bond donors (Lipinski definition) is 0. The van der Waals surface area contributed by atoms with Gasteiger partial charge in [-0.3, -0.25) is 4.79 Å². The molecule has 4 aromatic rings. The number of para-hydroxylation sites is 1. The zero-order chi connectivity index (χ0) is 22.4. The summed E-state index contributed by atoms with van der Waals surface area (Å²) in [6.45, 7) is 5.05. The van der Waals surface area contributed by atoms with Crippen LogP contribution in [-0.2, 0) is 0 Å². The quantitative estimate of drug-likeness (QED) is 0.488. The molecule has 2 aliphatic rings. The summed E-state index contributed by atoms with van der Waals surface area (Å²) in [4.78, 5) is 31.9. The zero-order valence-electron chi connectivity index (χ0n) is 18.5. The molecule has 5 heterocycles. The fraction of sp³-hybridized carbons (Fsp3) is 0.320. The normalized spacial score (nSPS) is 20.3. The molecule has 0 aliphatic carbocycles. The van der Waals surface area contributed by atoms with E-state index in [1.807, 2.05) is 66.7 Å². The van der Waals surface area contributed by atoms with Crippen molar-refractivity contribution in [3.63, 3.8) is 0 Å². The number of fused-ring (bicyclic) bond motifs is 3. The average Bonchev–Trinajstić information content (AvgIpc) is 3.37. The molecule has 0 radical (unpaired) electrons. The third-order valence-electron chi connectivity index (χ3n) is 6.59. The van der Waals surface area contributed by atoms with Gasteiger partial charge in [0.1, 0.15) is 0 Å². The molecular formula is C25H25N7O. The lowest BCUT2D eigenvalue weighted by Gasteiger charge is -2.45. The summed E-state index contributed by atoms with van der Waals surface area (Å²) in [7, 11) is 0. The Kier molecular flexibility index (Phi) is 4.78. The standard InChI is InChI=1S/C25H25N7O/c1-17-7-8-22(32-10-4-9-27-32)23(28-17)24(33)30-13-18-11-19(14-30)16-31(15-18)25-26-12-20-5-2-3-6-21(20)29-25/h2-10,12,18-19H,11,13-16H2,1H3. The van der Waals surface area contributed by atoms with Crippen molar-refractivity contribution in [3.05, 3.63) is 72.4 Å². The SMILES string of the molecule is Cc1ccc(-n2cccn2)c(C(=O)N2CC3CC(C2)CN(c2ncc4ccccc4n2)C3)n1. The van der Waals surface area contributed by atoms with Crippen molar-refractivity contribution in [2.24, 2.45) is 11.8 Å². The largest absolute Gasteiger partial charge is 0.340 e. The lowest BCUT2D eigenvalue weighted by molar-refractivity contribution is 0.0557. The van der Waals surface area contributed by atoms with E-state index < -0.39 is 0 Å². The molecule has 1 amide bonds. The molecule has 166 valence electrons. The average molecular weight is 440 g/mol. The summed E-state index contributed by atoms with van der Waals surface area (Å²) in [6.07, 6.45) is 6.58. The Morgan fingerprint density at radius 1 is 0.970 bits per heavy atom. The van der Waals surface area contributed by atoms with Crippen molar-refractivity contribution in [1.82, 2.24) is 29.6 Å². The maximum atomic E-state index is 13.6. The van der Waals surface area contributed by atoms with E-state index in [0.29, 0.717) is 30.6 Å². The van der Waals surface area contributed by atoms with Crippen LogP contribution in [0.5, 0.6) is 0 Å². The highest BCUT2D eigenvalue weighted by Gasteiger charge is 2.38. The third kappa shape index (κ3) is 3.71. The van der Waals surface area contributed by atoms with Gasteiger partial charge in [0.2, 0.25) is 5.95 Å². The van der Waals surface area contributed by atoms with Crippen molar-refractivity contribution in [2.45, 2.75) is 13.3 Å². The van der Waals surface area contributed by atoms with Crippen molar-refractivity contribution in [2.75, 3.05) is 31.1 Å². The van der Waals surface area contributed by atoms with E-state index in [9.17, 15) is 4.79 Å². The number of aryl methyl sites for hydroxylation is 1. The molecule has 2 unspecified atom stereocenters. The number of carbonyl (C=O) groups excluding carboxylic acids is 1. The summed E-state index contributed by atoms with van der Waals surface area (Å²) >= 11 is 0. The van der Waals surface area contributed by atoms with E-state index in [2.05, 4.69) is 20.0 Å². The van der Waals surface area contributed by atoms with Crippen LogP contribution in [0.25, 0.3) is 16.6 Å². The fourth-order valence-electron chi connectivity index (χ4n) is 5.18. The highest BCUT2D eigenvalue weighted by Crippen LogP contribution is 2.32. The Balaban J connectivity index is 1.23. The van der Waals surface area contributed by atoms with Gasteiger partial charge in [0.25, 0.3) is 5.91 Å². The first-order valence-corrected chi connectivity index (χ1v) is 11.4. The number of rotatable bonds is 3. The van der Waals surface area contributed by atoms with Gasteiger partial charge in [-0.15, -0.1) is 0 Å². The maximum absolute atomic E-state index is 13.6. The van der Waals surface area contributed by atoms with E-state index in [-0.39, 0.29) is 5.91 Å². The van der Waals surface area contributed by atoms with Crippen LogP contribution in [0.2, 0.25) is 0 Å². The van der Waals surface area contributed by atoms with Gasteiger partial charge in [-0.05, 0) is 49.4 Å². The van der Waals surface area contributed by atoms with Gasteiger partial charge in [-0.2, -0.15) is 5.10 Å². The first kappa shape index (κ1) is 19.8. The molecule has 2 saturated heterocycles. The topological polar surface area (TPSA) is 80.0 Å². The van der Waals surface area contributed by atoms with E-state index in [0.717, 1.165) is 47.7 Å². The Hall–Kier alpha value is -3.81. The molecule has 3 aromatic heterocycles. The van der Waals surface area contributed by atoms with Crippen LogP contribution in [0, 0.1) is 18.8 Å². The monoisotopic (exact) mass is 439 g/mol. The highest BCUT2D eigenvalue weighted by molar-refractivity contribution is 5.96. The molecule has 0 N–H and O–H groups in total. The number of pyridine rings is 1. The summed E-state index contributed by atoms with van der Waals surface area (Å²) < 4.78 is 1.71. The molecule has 2 bridgehead atoms. The van der Waals surface area contributed by atoms with Gasteiger partial charge in [0, 0.05) is 55.8 Å². The Morgan fingerprint density at radius 3 is 2.58 bits per heavy atom. The van der Waals surface area contributed by atoms with Crippen LogP contribution < -0.4 is 4.90 Å². The van der Waals surface area contributed by atoms with Gasteiger partial charge in [0.15, 0.2) is 5.69 Å². The van der Waals surface area contributed by atoms with Gasteiger partial charge in [-0.1, -0.05) is 18.2 Å². The predicted molar refractivity (Wildman–Crippen MR) is 125 cm³/mol. The van der Waals surface area contributed by atoms with Crippen molar-refractivity contribution < 1.29 is 4.79 Å². The second kappa shape index (κ2) is 7.95. The van der Waals surface area contributed by atoms with Crippen molar-refractivity contribution in [3.8, 4) is 5.69 Å². The van der Waals surface area contributed by atoms with Gasteiger partial charge in [0.05, 0.1) is 11.2 Å². The second-order valence-electron chi connectivity index (χ2n) is 9.08. The van der Waals surface area contributed by atoms with Crippen molar-refractivity contribution in [1.29, 1.82) is 0 Å². The van der Waals surface area contributed by atoms with Gasteiger partial charge >= 0.3 is 0 Å². The molecule has 0 saturated carbocycles. The third-order valence-corrected chi connectivity index (χ3v) is 6.59. The number of nitrogens with zero attached hydrogens (tertiary/aromatic N) is 7. The lowest BCUT2D eigenvalue weighted by Crippen LogP contribution is -2.54. The maximum Gasteiger partial charge on any atom is 0.274 e. The van der Waals surface area contributed by atoms with E-state index in [1.165, 1.54) is 0 Å². The van der Waals surface area contributed by atoms with Gasteiger partial charge in [-0.25, -0.2) is 19.6 Å². The Morgan fingerprint density at radius 2 is 1.79 bits per heavy atom. The highest BCUT2D eigenvalue weighted by atomic mass is 16.2. The minimum absolute atomic E-state index is 0.0192. The minimum atomic E-state index is -0.0192. The predicted octanol–water partition coefficient (Wildman–Crippen LogP) is 3.12. The Labute approximate surface area is 191 Å². The second-order valence-corrected chi connectivity index (χ2v) is 9.08. The summed E-state index contributed by atoms with van der Waals surface area (Å²) in [5.74, 6) is 1.53. The van der Waals surface area contributed by atoms with Crippen LogP contribution in [0.1, 0.15) is 22.6 Å². The molecule has 2 atom stereocenters. The molecule has 0 spiro atoms. The molecule has 33 heavy (non-hydrogen) atoms. The number of likely N-dealkylation sites (tertiary alicyclic amines) is 1. The molecule has 2 aliphatic heterocycles. The van der Waals surface area contributed by atoms with Gasteiger partial charge < -0.3 is 9.80 Å². The smallest absolute Gasteiger partial charge is 0.274 e. The van der Waals surface area contributed by atoms with Crippen molar-refractivity contribution >= 4 is 22.8 Å². The molecule has 6 rings (SSSR count). The molecule has 1 aromatic carbocycles. The van der Waals surface area contributed by atoms with E-state index in [1.54, 1.807) is 10.9 Å². The molecule has 2 fully saturated rings. The van der Waals surface area contributed by atoms with Crippen LogP contribution in [0.3, 0.4) is 0 Å². The summed E-state index contributed by atoms with van der Waals surface area (Å²) in [5, 5.41) is 5.36. The number of carbonyl (C=O) groups is 1. The van der Waals surface area contributed by atoms with E-state index >= 15 is 0 Å².